The van der Waals surface area contributed by atoms with Crippen molar-refractivity contribution in [2.75, 3.05) is 6.61 Å². The Morgan fingerprint density at radius 3 is 2.80 bits per heavy atom. The van der Waals surface area contributed by atoms with Crippen molar-refractivity contribution in [3.63, 3.8) is 0 Å². The number of aromatic hydroxyl groups is 1. The van der Waals surface area contributed by atoms with E-state index >= 15 is 0 Å². The first-order valence-corrected chi connectivity index (χ1v) is 4.42. The molecule has 0 aliphatic heterocycles. The van der Waals surface area contributed by atoms with Crippen LogP contribution in [0.3, 0.4) is 0 Å². The molecule has 1 aromatic rings. The van der Waals surface area contributed by atoms with Crippen LogP contribution in [0.15, 0.2) is 24.3 Å². The average Bonchev–Trinajstić information content (AvgIpc) is 2.15. The molecule has 0 aliphatic rings. The van der Waals surface area contributed by atoms with Crippen LogP contribution < -0.4 is 4.74 Å². The Kier molecular flexibility index (Phi) is 3.88. The molecule has 0 amide bonds. The van der Waals surface area contributed by atoms with E-state index in [1.165, 1.54) is 19.1 Å². The fourth-order valence-electron chi connectivity index (χ4n) is 1.07. The lowest BCUT2D eigenvalue weighted by Gasteiger charge is -2.03. The van der Waals surface area contributed by atoms with Crippen molar-refractivity contribution in [3.05, 3.63) is 29.8 Å². The van der Waals surface area contributed by atoms with Crippen LogP contribution in [0, 0.1) is 0 Å². The number of esters is 1. The summed E-state index contributed by atoms with van der Waals surface area (Å²) >= 11 is 0. The molecule has 2 N–H and O–H groups in total. The summed E-state index contributed by atoms with van der Waals surface area (Å²) in [6.45, 7) is 1.20. The molecule has 0 saturated carbocycles. The molecule has 4 heteroatoms. The summed E-state index contributed by atoms with van der Waals surface area (Å²) in [5.41, 5.74) is 0.556. The maximum Gasteiger partial charge on any atom is 0.308 e. The number of phenols is 1. The fourth-order valence-corrected chi connectivity index (χ4v) is 1.07. The summed E-state index contributed by atoms with van der Waals surface area (Å²) < 4.78 is 4.78. The van der Waals surface area contributed by atoms with Gasteiger partial charge < -0.3 is 14.9 Å². The van der Waals surface area contributed by atoms with Gasteiger partial charge >= 0.3 is 5.97 Å². The van der Waals surface area contributed by atoms with Gasteiger partial charge in [0.25, 0.3) is 0 Å². The summed E-state index contributed by atoms with van der Waals surface area (Å²) in [6, 6.07) is 4.51. The van der Waals surface area contributed by atoms with E-state index in [4.69, 9.17) is 9.84 Å². The smallest absolute Gasteiger partial charge is 0.308 e. The Bertz CT molecular complexity index is 382. The zero-order chi connectivity index (χ0) is 11.3. The number of aliphatic hydroxyl groups excluding tert-OH is 1. The summed E-state index contributed by atoms with van der Waals surface area (Å²) in [5, 5.41) is 18.1. The number of carbonyl (C=O) groups is 1. The van der Waals surface area contributed by atoms with Crippen LogP contribution in [0.25, 0.3) is 6.08 Å². The highest BCUT2D eigenvalue weighted by atomic mass is 16.5. The molecule has 15 heavy (non-hydrogen) atoms. The van der Waals surface area contributed by atoms with Gasteiger partial charge in [-0.3, -0.25) is 4.79 Å². The number of aliphatic hydroxyl groups is 1. The Labute approximate surface area is 87.4 Å². The van der Waals surface area contributed by atoms with Crippen molar-refractivity contribution in [1.82, 2.24) is 0 Å². The molecule has 0 aromatic heterocycles. The molecular weight excluding hydrogens is 196 g/mol. The first-order valence-electron chi connectivity index (χ1n) is 4.42. The van der Waals surface area contributed by atoms with Gasteiger partial charge in [-0.2, -0.15) is 0 Å². The summed E-state index contributed by atoms with van der Waals surface area (Å²) in [4.78, 5) is 10.6. The Morgan fingerprint density at radius 2 is 2.27 bits per heavy atom. The van der Waals surface area contributed by atoms with Gasteiger partial charge in [-0.1, -0.05) is 12.2 Å². The van der Waals surface area contributed by atoms with Crippen molar-refractivity contribution < 1.29 is 19.7 Å². The normalized spacial score (nSPS) is 10.5. The largest absolute Gasteiger partial charge is 0.507 e. The van der Waals surface area contributed by atoms with Crippen molar-refractivity contribution in [1.29, 1.82) is 0 Å². The fraction of sp³-hybridized carbons (Fsp3) is 0.182. The van der Waals surface area contributed by atoms with Gasteiger partial charge in [0.2, 0.25) is 0 Å². The van der Waals surface area contributed by atoms with Crippen LogP contribution in [0.2, 0.25) is 0 Å². The van der Waals surface area contributed by atoms with E-state index in [2.05, 4.69) is 0 Å². The Hall–Kier alpha value is -1.81. The predicted molar refractivity (Wildman–Crippen MR) is 55.5 cm³/mol. The van der Waals surface area contributed by atoms with Crippen LogP contribution in [0.1, 0.15) is 12.5 Å². The van der Waals surface area contributed by atoms with Crippen LogP contribution in [0.5, 0.6) is 11.5 Å². The zero-order valence-electron chi connectivity index (χ0n) is 8.30. The molecule has 0 unspecified atom stereocenters. The monoisotopic (exact) mass is 208 g/mol. The first kappa shape index (κ1) is 11.3. The van der Waals surface area contributed by atoms with E-state index in [0.717, 1.165) is 0 Å². The van der Waals surface area contributed by atoms with Crippen LogP contribution in [0.4, 0.5) is 0 Å². The molecular formula is C11H12O4. The molecule has 1 aromatic carbocycles. The molecule has 0 atom stereocenters. The van der Waals surface area contributed by atoms with Crippen molar-refractivity contribution >= 4 is 12.0 Å². The number of carbonyl (C=O) groups excluding carboxylic acids is 1. The maximum absolute atomic E-state index is 10.6. The number of benzene rings is 1. The van der Waals surface area contributed by atoms with Gasteiger partial charge in [-0.15, -0.1) is 0 Å². The van der Waals surface area contributed by atoms with Gasteiger partial charge in [-0.05, 0) is 12.1 Å². The molecule has 0 saturated heterocycles. The molecule has 0 spiro atoms. The number of hydrogen-bond donors (Lipinski definition) is 2. The number of rotatable bonds is 3. The van der Waals surface area contributed by atoms with E-state index in [1.807, 2.05) is 0 Å². The molecule has 0 heterocycles. The highest BCUT2D eigenvalue weighted by molar-refractivity contribution is 5.70. The molecule has 0 aliphatic carbocycles. The minimum Gasteiger partial charge on any atom is -0.507 e. The number of ether oxygens (including phenoxy) is 1. The third-order valence-corrected chi connectivity index (χ3v) is 1.67. The van der Waals surface area contributed by atoms with Gasteiger partial charge in [0.15, 0.2) is 0 Å². The second-order valence-corrected chi connectivity index (χ2v) is 2.90. The SMILES string of the molecule is CC(=O)Oc1ccc(/C=C/CO)c(O)c1. The zero-order valence-corrected chi connectivity index (χ0v) is 8.30. The van der Waals surface area contributed by atoms with Crippen molar-refractivity contribution in [2.45, 2.75) is 6.92 Å². The molecule has 0 radical (unpaired) electrons. The van der Waals surface area contributed by atoms with E-state index < -0.39 is 5.97 Å². The first-order chi connectivity index (χ1) is 7.13. The minimum absolute atomic E-state index is 0.00144. The van der Waals surface area contributed by atoms with Gasteiger partial charge in [0, 0.05) is 18.6 Å². The quantitative estimate of drug-likeness (QED) is 0.580. The lowest BCUT2D eigenvalue weighted by Crippen LogP contribution is -2.00. The Balaban J connectivity index is 2.87. The summed E-state index contributed by atoms with van der Waals surface area (Å²) in [7, 11) is 0. The standard InChI is InChI=1S/C11H12O4/c1-8(13)15-10-5-4-9(3-2-6-12)11(14)7-10/h2-5,7,12,14H,6H2,1H3/b3-2+. The highest BCUT2D eigenvalue weighted by Gasteiger charge is 2.02. The van der Waals surface area contributed by atoms with E-state index in [9.17, 15) is 9.90 Å². The minimum atomic E-state index is -0.437. The second-order valence-electron chi connectivity index (χ2n) is 2.90. The second kappa shape index (κ2) is 5.17. The topological polar surface area (TPSA) is 66.8 Å². The third-order valence-electron chi connectivity index (χ3n) is 1.67. The summed E-state index contributed by atoms with van der Waals surface area (Å²) in [5.74, 6) is -0.146. The van der Waals surface area contributed by atoms with Gasteiger partial charge in [0.1, 0.15) is 11.5 Å². The molecule has 1 rings (SSSR count). The van der Waals surface area contributed by atoms with Gasteiger partial charge in [-0.25, -0.2) is 0 Å². The predicted octanol–water partition coefficient (Wildman–Crippen LogP) is 1.32. The van der Waals surface area contributed by atoms with Crippen molar-refractivity contribution in [2.24, 2.45) is 0 Å². The van der Waals surface area contributed by atoms with Crippen LogP contribution >= 0.6 is 0 Å². The molecule has 0 bridgehead atoms. The maximum atomic E-state index is 10.6. The summed E-state index contributed by atoms with van der Waals surface area (Å²) in [6.07, 6.45) is 3.08. The number of phenolic OH excluding ortho intramolecular Hbond substituents is 1. The lowest BCUT2D eigenvalue weighted by molar-refractivity contribution is -0.131. The van der Waals surface area contributed by atoms with E-state index in [-0.39, 0.29) is 12.4 Å². The number of hydrogen-bond acceptors (Lipinski definition) is 4. The molecule has 4 nitrogen and oxygen atoms in total. The average molecular weight is 208 g/mol. The lowest BCUT2D eigenvalue weighted by atomic mass is 10.2. The molecule has 0 fully saturated rings. The van der Waals surface area contributed by atoms with Crippen molar-refractivity contribution in [3.8, 4) is 11.5 Å². The third kappa shape index (κ3) is 3.44. The highest BCUT2D eigenvalue weighted by Crippen LogP contribution is 2.24. The molecule has 80 valence electrons. The van der Waals surface area contributed by atoms with E-state index in [0.29, 0.717) is 11.3 Å². The Morgan fingerprint density at radius 1 is 1.53 bits per heavy atom. The van der Waals surface area contributed by atoms with Crippen LogP contribution in [-0.2, 0) is 4.79 Å². The van der Waals surface area contributed by atoms with Gasteiger partial charge in [0.05, 0.1) is 6.61 Å². The van der Waals surface area contributed by atoms with E-state index in [1.54, 1.807) is 18.2 Å². The van der Waals surface area contributed by atoms with Crippen LogP contribution in [-0.4, -0.2) is 22.8 Å².